The van der Waals surface area contributed by atoms with E-state index in [0.29, 0.717) is 5.41 Å². The number of nitrogens with one attached hydrogen (secondary N) is 1. The fraction of sp³-hybridized carbons (Fsp3) is 0.900. The Morgan fingerprint density at radius 2 is 2.25 bits per heavy atom. The van der Waals surface area contributed by atoms with Crippen LogP contribution in [0.15, 0.2) is 0 Å². The fourth-order valence-electron chi connectivity index (χ4n) is 3.07. The molecule has 0 spiro atoms. The van der Waals surface area contributed by atoms with Gasteiger partial charge in [0.05, 0.1) is 0 Å². The minimum absolute atomic E-state index is 0.209. The topological polar surface area (TPSA) is 23.9 Å². The molecule has 0 aliphatic heterocycles. The van der Waals surface area contributed by atoms with Gasteiger partial charge < -0.3 is 5.41 Å². The van der Waals surface area contributed by atoms with Crippen molar-refractivity contribution in [1.29, 1.82) is 5.41 Å². The first-order valence-corrected chi connectivity index (χ1v) is 5.80. The molecule has 3 atom stereocenters. The minimum atomic E-state index is 0.209. The van der Waals surface area contributed by atoms with Gasteiger partial charge in [-0.05, 0) is 30.6 Å². The van der Waals surface area contributed by atoms with Gasteiger partial charge in [-0.1, -0.05) is 29.8 Å². The van der Waals surface area contributed by atoms with E-state index in [4.69, 9.17) is 5.41 Å². The Hall–Kier alpha value is 0.150. The molecule has 0 radical (unpaired) electrons. The third kappa shape index (κ3) is 0.729. The average molecular weight is 230 g/mol. The fourth-order valence-corrected chi connectivity index (χ4v) is 4.15. The molecule has 2 aliphatic rings. The van der Waals surface area contributed by atoms with Crippen LogP contribution in [-0.4, -0.2) is 11.0 Å². The molecule has 0 amide bonds. The number of fused-ring (bicyclic) bond motifs is 2. The van der Waals surface area contributed by atoms with E-state index >= 15 is 0 Å². The van der Waals surface area contributed by atoms with Crippen molar-refractivity contribution >= 4 is 21.6 Å². The minimum Gasteiger partial charge on any atom is -0.309 e. The van der Waals surface area contributed by atoms with Crippen LogP contribution in [0.1, 0.15) is 33.1 Å². The third-order valence-corrected chi connectivity index (χ3v) is 5.71. The van der Waals surface area contributed by atoms with E-state index in [2.05, 4.69) is 29.8 Å². The Morgan fingerprint density at radius 1 is 1.58 bits per heavy atom. The maximum Gasteiger partial charge on any atom is 0.0157 e. The highest BCUT2D eigenvalue weighted by atomic mass is 79.9. The van der Waals surface area contributed by atoms with Crippen molar-refractivity contribution in [3.05, 3.63) is 0 Å². The van der Waals surface area contributed by atoms with Crippen molar-refractivity contribution in [3.63, 3.8) is 0 Å². The molecule has 68 valence electrons. The summed E-state index contributed by atoms with van der Waals surface area (Å²) in [6.45, 7) is 4.63. The van der Waals surface area contributed by atoms with E-state index < -0.39 is 0 Å². The Kier molecular flexibility index (Phi) is 1.70. The van der Waals surface area contributed by atoms with Crippen LogP contribution in [0.2, 0.25) is 0 Å². The zero-order chi connectivity index (χ0) is 8.98. The SMILES string of the molecule is CC12CCC(CC1=N)C2(C)CBr. The number of halogens is 1. The Labute approximate surface area is 82.6 Å². The zero-order valence-corrected chi connectivity index (χ0v) is 9.37. The van der Waals surface area contributed by atoms with Gasteiger partial charge in [-0.2, -0.15) is 0 Å². The monoisotopic (exact) mass is 229 g/mol. The zero-order valence-electron chi connectivity index (χ0n) is 7.78. The molecule has 2 bridgehead atoms. The van der Waals surface area contributed by atoms with Crippen LogP contribution in [0.25, 0.3) is 0 Å². The lowest BCUT2D eigenvalue weighted by Gasteiger charge is -2.36. The third-order valence-electron chi connectivity index (χ3n) is 4.55. The number of hydrogen-bond acceptors (Lipinski definition) is 1. The number of rotatable bonds is 1. The number of alkyl halides is 1. The standard InChI is InChI=1S/C10H16BrN/c1-9-4-3-7(5-8(9)12)10(9,2)6-11/h7,12H,3-6H2,1-2H3. The van der Waals surface area contributed by atoms with E-state index in [1.807, 2.05) is 0 Å². The Bertz CT molecular complexity index is 238. The molecule has 3 unspecified atom stereocenters. The molecule has 2 saturated carbocycles. The van der Waals surface area contributed by atoms with Gasteiger partial charge in [0.2, 0.25) is 0 Å². The van der Waals surface area contributed by atoms with Crippen LogP contribution in [0.3, 0.4) is 0 Å². The molecule has 12 heavy (non-hydrogen) atoms. The second kappa shape index (κ2) is 2.34. The summed E-state index contributed by atoms with van der Waals surface area (Å²) >= 11 is 3.62. The highest BCUT2D eigenvalue weighted by Gasteiger charge is 2.61. The summed E-state index contributed by atoms with van der Waals surface area (Å²) in [4.78, 5) is 0. The average Bonchev–Trinajstić information content (AvgIpc) is 2.39. The van der Waals surface area contributed by atoms with E-state index in [1.165, 1.54) is 12.8 Å². The summed E-state index contributed by atoms with van der Waals surface area (Å²) in [5.41, 5.74) is 1.58. The first-order chi connectivity index (χ1) is 5.54. The first-order valence-electron chi connectivity index (χ1n) is 4.68. The Morgan fingerprint density at radius 3 is 2.50 bits per heavy atom. The molecule has 2 rings (SSSR count). The molecule has 2 fully saturated rings. The van der Waals surface area contributed by atoms with E-state index in [1.54, 1.807) is 0 Å². The summed E-state index contributed by atoms with van der Waals surface area (Å²) < 4.78 is 0. The van der Waals surface area contributed by atoms with Crippen LogP contribution >= 0.6 is 15.9 Å². The normalized spacial score (nSPS) is 51.9. The van der Waals surface area contributed by atoms with Gasteiger partial charge in [0.25, 0.3) is 0 Å². The maximum absolute atomic E-state index is 7.97. The van der Waals surface area contributed by atoms with Gasteiger partial charge >= 0.3 is 0 Å². The second-order valence-electron chi connectivity index (χ2n) is 4.80. The molecular formula is C10H16BrN. The number of hydrogen-bond donors (Lipinski definition) is 1. The molecule has 1 N–H and O–H groups in total. The van der Waals surface area contributed by atoms with Crippen LogP contribution < -0.4 is 0 Å². The van der Waals surface area contributed by atoms with Gasteiger partial charge in [0.1, 0.15) is 0 Å². The molecule has 0 aromatic carbocycles. The smallest absolute Gasteiger partial charge is 0.0157 e. The van der Waals surface area contributed by atoms with Crippen molar-refractivity contribution in [2.75, 3.05) is 5.33 Å². The van der Waals surface area contributed by atoms with Gasteiger partial charge in [-0.3, -0.25) is 0 Å². The molecule has 2 heteroatoms. The lowest BCUT2D eigenvalue weighted by molar-refractivity contribution is 0.203. The van der Waals surface area contributed by atoms with Crippen molar-refractivity contribution in [2.24, 2.45) is 16.7 Å². The first kappa shape index (κ1) is 8.74. The van der Waals surface area contributed by atoms with Crippen LogP contribution in [0.5, 0.6) is 0 Å². The van der Waals surface area contributed by atoms with E-state index in [0.717, 1.165) is 23.4 Å². The van der Waals surface area contributed by atoms with Gasteiger partial charge in [0.15, 0.2) is 0 Å². The summed E-state index contributed by atoms with van der Waals surface area (Å²) in [6, 6.07) is 0. The van der Waals surface area contributed by atoms with E-state index in [9.17, 15) is 0 Å². The molecule has 0 saturated heterocycles. The van der Waals surface area contributed by atoms with Gasteiger partial charge in [0, 0.05) is 16.5 Å². The summed E-state index contributed by atoms with van der Waals surface area (Å²) in [7, 11) is 0. The molecule has 2 aliphatic carbocycles. The summed E-state index contributed by atoms with van der Waals surface area (Å²) in [5.74, 6) is 0.773. The predicted octanol–water partition coefficient (Wildman–Crippen LogP) is 3.23. The highest BCUT2D eigenvalue weighted by Crippen LogP contribution is 2.64. The molecular weight excluding hydrogens is 214 g/mol. The second-order valence-corrected chi connectivity index (χ2v) is 5.36. The van der Waals surface area contributed by atoms with Crippen LogP contribution in [0, 0.1) is 22.2 Å². The summed E-state index contributed by atoms with van der Waals surface area (Å²) in [6.07, 6.45) is 3.62. The quantitative estimate of drug-likeness (QED) is 0.669. The molecule has 0 aromatic rings. The van der Waals surface area contributed by atoms with Crippen molar-refractivity contribution in [3.8, 4) is 0 Å². The molecule has 1 nitrogen and oxygen atoms in total. The van der Waals surface area contributed by atoms with E-state index in [-0.39, 0.29) is 5.41 Å². The Balaban J connectivity index is 2.44. The van der Waals surface area contributed by atoms with Crippen molar-refractivity contribution in [2.45, 2.75) is 33.1 Å². The lowest BCUT2D eigenvalue weighted by atomic mass is 9.70. The molecule has 0 heterocycles. The maximum atomic E-state index is 7.97. The summed E-state index contributed by atoms with van der Waals surface area (Å²) in [5, 5.41) is 9.03. The largest absolute Gasteiger partial charge is 0.309 e. The van der Waals surface area contributed by atoms with Gasteiger partial charge in [-0.25, -0.2) is 0 Å². The van der Waals surface area contributed by atoms with Crippen molar-refractivity contribution in [1.82, 2.24) is 0 Å². The molecule has 0 aromatic heterocycles. The van der Waals surface area contributed by atoms with Crippen molar-refractivity contribution < 1.29 is 0 Å². The van der Waals surface area contributed by atoms with Crippen LogP contribution in [-0.2, 0) is 0 Å². The van der Waals surface area contributed by atoms with Gasteiger partial charge in [-0.15, -0.1) is 0 Å². The predicted molar refractivity (Wildman–Crippen MR) is 55.1 cm³/mol. The highest BCUT2D eigenvalue weighted by molar-refractivity contribution is 9.09. The lowest BCUT2D eigenvalue weighted by Crippen LogP contribution is -2.35. The van der Waals surface area contributed by atoms with Crippen LogP contribution in [0.4, 0.5) is 0 Å².